The Bertz CT molecular complexity index is 1110. The summed E-state index contributed by atoms with van der Waals surface area (Å²) in [6.45, 7) is 5.37. The molecule has 5 rings (SSSR count). The van der Waals surface area contributed by atoms with Crippen molar-refractivity contribution < 1.29 is 4.39 Å². The lowest BCUT2D eigenvalue weighted by atomic mass is 10.1. The van der Waals surface area contributed by atoms with Crippen LogP contribution < -0.4 is 0 Å². The number of imidazole rings is 1. The summed E-state index contributed by atoms with van der Waals surface area (Å²) in [4.78, 5) is 12.9. The summed E-state index contributed by atoms with van der Waals surface area (Å²) in [6.07, 6.45) is 0. The van der Waals surface area contributed by atoms with Crippen LogP contribution in [0.5, 0.6) is 0 Å². The van der Waals surface area contributed by atoms with Crippen LogP contribution in [0, 0.1) is 5.82 Å². The average molecular weight is 364 g/mol. The van der Waals surface area contributed by atoms with Crippen LogP contribution >= 0.6 is 0 Å². The minimum Gasteiger partial charge on any atom is -0.337 e. The van der Waals surface area contributed by atoms with Gasteiger partial charge in [0.05, 0.1) is 16.6 Å². The number of H-pyrrole nitrogens is 2. The first-order valence-corrected chi connectivity index (χ1v) is 9.19. The van der Waals surface area contributed by atoms with Crippen LogP contribution in [-0.4, -0.2) is 63.2 Å². The molecule has 0 aliphatic carbocycles. The Morgan fingerprint density at radius 2 is 1.89 bits per heavy atom. The summed E-state index contributed by atoms with van der Waals surface area (Å²) in [7, 11) is 2.17. The molecule has 1 saturated heterocycles. The van der Waals surface area contributed by atoms with Crippen LogP contribution in [0.1, 0.15) is 5.56 Å². The van der Waals surface area contributed by atoms with Crippen molar-refractivity contribution in [3.05, 3.63) is 47.8 Å². The molecule has 3 heterocycles. The lowest BCUT2D eigenvalue weighted by Gasteiger charge is -2.32. The van der Waals surface area contributed by atoms with E-state index in [1.165, 1.54) is 17.7 Å². The molecule has 0 radical (unpaired) electrons. The number of hydrogen-bond donors (Lipinski definition) is 2. The molecule has 1 aliphatic heterocycles. The van der Waals surface area contributed by atoms with Crippen molar-refractivity contribution in [2.75, 3.05) is 33.2 Å². The van der Waals surface area contributed by atoms with Gasteiger partial charge in [-0.3, -0.25) is 10.00 Å². The van der Waals surface area contributed by atoms with Gasteiger partial charge in [-0.25, -0.2) is 9.37 Å². The van der Waals surface area contributed by atoms with Crippen LogP contribution in [0.15, 0.2) is 36.4 Å². The topological polar surface area (TPSA) is 63.8 Å². The van der Waals surface area contributed by atoms with Crippen molar-refractivity contribution >= 4 is 21.9 Å². The highest BCUT2D eigenvalue weighted by Gasteiger charge is 2.16. The highest BCUT2D eigenvalue weighted by Crippen LogP contribution is 2.27. The molecule has 0 atom stereocenters. The Morgan fingerprint density at radius 3 is 2.74 bits per heavy atom. The predicted octanol–water partition coefficient (Wildman–Crippen LogP) is 2.99. The molecule has 6 nitrogen and oxygen atoms in total. The average Bonchev–Trinajstić information content (AvgIpc) is 3.26. The molecular weight excluding hydrogens is 343 g/mol. The summed E-state index contributed by atoms with van der Waals surface area (Å²) < 4.78 is 13.4. The lowest BCUT2D eigenvalue weighted by Crippen LogP contribution is -2.43. The third-order valence-electron chi connectivity index (χ3n) is 5.30. The smallest absolute Gasteiger partial charge is 0.159 e. The summed E-state index contributed by atoms with van der Waals surface area (Å²) in [6, 6.07) is 11.0. The Kier molecular flexibility index (Phi) is 3.91. The molecule has 0 unspecified atom stereocenters. The third-order valence-corrected chi connectivity index (χ3v) is 5.30. The van der Waals surface area contributed by atoms with E-state index in [2.05, 4.69) is 55.2 Å². The first-order valence-electron chi connectivity index (χ1n) is 9.19. The van der Waals surface area contributed by atoms with E-state index < -0.39 is 0 Å². The number of hydrogen-bond acceptors (Lipinski definition) is 4. The number of halogens is 1. The number of aromatic nitrogens is 4. The van der Waals surface area contributed by atoms with E-state index in [1.807, 2.05) is 0 Å². The van der Waals surface area contributed by atoms with Crippen molar-refractivity contribution in [3.63, 3.8) is 0 Å². The highest BCUT2D eigenvalue weighted by atomic mass is 19.1. The van der Waals surface area contributed by atoms with Crippen LogP contribution in [0.3, 0.4) is 0 Å². The fourth-order valence-corrected chi connectivity index (χ4v) is 3.70. The molecule has 4 aromatic rings. The number of piperazine rings is 1. The zero-order chi connectivity index (χ0) is 18.4. The van der Waals surface area contributed by atoms with Gasteiger partial charge in [-0.1, -0.05) is 6.07 Å². The molecule has 2 N–H and O–H groups in total. The van der Waals surface area contributed by atoms with Crippen molar-refractivity contribution in [1.82, 2.24) is 30.0 Å². The Labute approximate surface area is 156 Å². The van der Waals surface area contributed by atoms with Gasteiger partial charge in [0.2, 0.25) is 0 Å². The number of nitrogens with zero attached hydrogens (tertiary/aromatic N) is 4. The van der Waals surface area contributed by atoms with E-state index >= 15 is 0 Å². The molecule has 0 amide bonds. The van der Waals surface area contributed by atoms with E-state index in [0.717, 1.165) is 49.1 Å². The molecule has 7 heteroatoms. The van der Waals surface area contributed by atoms with E-state index in [9.17, 15) is 4.39 Å². The van der Waals surface area contributed by atoms with Crippen LogP contribution in [0.2, 0.25) is 0 Å². The Hall–Kier alpha value is -2.77. The van der Waals surface area contributed by atoms with Gasteiger partial charge in [0.15, 0.2) is 5.82 Å². The van der Waals surface area contributed by atoms with Gasteiger partial charge >= 0.3 is 0 Å². The monoisotopic (exact) mass is 364 g/mol. The van der Waals surface area contributed by atoms with Crippen LogP contribution in [0.4, 0.5) is 4.39 Å². The molecule has 27 heavy (non-hydrogen) atoms. The fourth-order valence-electron chi connectivity index (χ4n) is 3.70. The largest absolute Gasteiger partial charge is 0.337 e. The first kappa shape index (κ1) is 16.4. The summed E-state index contributed by atoms with van der Waals surface area (Å²) in [5.74, 6) is 0.412. The van der Waals surface area contributed by atoms with Gasteiger partial charge in [0.1, 0.15) is 11.5 Å². The van der Waals surface area contributed by atoms with E-state index in [-0.39, 0.29) is 5.82 Å². The van der Waals surface area contributed by atoms with Gasteiger partial charge < -0.3 is 9.88 Å². The molecule has 2 aromatic heterocycles. The lowest BCUT2D eigenvalue weighted by molar-refractivity contribution is 0.148. The van der Waals surface area contributed by atoms with E-state index in [0.29, 0.717) is 17.0 Å². The number of likely N-dealkylation sites (N-methyl/N-ethyl adjacent to an activating group) is 1. The molecule has 1 fully saturated rings. The van der Waals surface area contributed by atoms with E-state index in [1.54, 1.807) is 6.07 Å². The van der Waals surface area contributed by atoms with Crippen molar-refractivity contribution in [2.24, 2.45) is 0 Å². The van der Waals surface area contributed by atoms with Gasteiger partial charge in [-0.05, 0) is 42.9 Å². The molecule has 2 aromatic carbocycles. The van der Waals surface area contributed by atoms with Gasteiger partial charge in [0.25, 0.3) is 0 Å². The number of fused-ring (bicyclic) bond motifs is 2. The standard InChI is InChI=1S/C20H21FN6/c1-26-6-8-27(9-7-26)12-13-2-5-16-18(10-13)23-20(22-16)19-15-4-3-14(21)11-17(15)24-25-19/h2-5,10-11H,6-9,12H2,1H3,(H,22,23)(H,24,25). The quantitative estimate of drug-likeness (QED) is 0.587. The Morgan fingerprint density at radius 1 is 1.04 bits per heavy atom. The predicted molar refractivity (Wildman–Crippen MR) is 104 cm³/mol. The van der Waals surface area contributed by atoms with E-state index in [4.69, 9.17) is 0 Å². The van der Waals surface area contributed by atoms with Gasteiger partial charge in [-0.15, -0.1) is 0 Å². The van der Waals surface area contributed by atoms with Crippen molar-refractivity contribution in [2.45, 2.75) is 6.54 Å². The maximum Gasteiger partial charge on any atom is 0.159 e. The zero-order valence-corrected chi connectivity index (χ0v) is 15.2. The first-order chi connectivity index (χ1) is 13.2. The third kappa shape index (κ3) is 3.09. The van der Waals surface area contributed by atoms with Crippen molar-refractivity contribution in [3.8, 4) is 11.5 Å². The SMILES string of the molecule is CN1CCN(Cc2ccc3nc(-c4n[nH]c5cc(F)ccc45)[nH]c3c2)CC1. The number of rotatable bonds is 3. The van der Waals surface area contributed by atoms with Crippen LogP contribution in [0.25, 0.3) is 33.5 Å². The summed E-state index contributed by atoms with van der Waals surface area (Å²) in [5, 5.41) is 8.06. The minimum atomic E-state index is -0.282. The Balaban J connectivity index is 1.45. The number of nitrogens with one attached hydrogen (secondary N) is 2. The number of benzene rings is 2. The van der Waals surface area contributed by atoms with Crippen molar-refractivity contribution in [1.29, 1.82) is 0 Å². The molecular formula is C20H21FN6. The minimum absolute atomic E-state index is 0.282. The number of aromatic amines is 2. The normalized spacial score (nSPS) is 16.5. The van der Waals surface area contributed by atoms with Crippen LogP contribution in [-0.2, 0) is 6.54 Å². The second-order valence-corrected chi connectivity index (χ2v) is 7.28. The maximum atomic E-state index is 13.4. The molecule has 0 saturated carbocycles. The second-order valence-electron chi connectivity index (χ2n) is 7.28. The molecule has 0 spiro atoms. The summed E-state index contributed by atoms with van der Waals surface area (Å²) >= 11 is 0. The molecule has 138 valence electrons. The highest BCUT2D eigenvalue weighted by molar-refractivity contribution is 5.93. The second kappa shape index (κ2) is 6.44. The summed E-state index contributed by atoms with van der Waals surface area (Å²) in [5.41, 5.74) is 4.56. The van der Waals surface area contributed by atoms with Gasteiger partial charge in [-0.2, -0.15) is 5.10 Å². The maximum absolute atomic E-state index is 13.4. The fraction of sp³-hybridized carbons (Fsp3) is 0.300. The zero-order valence-electron chi connectivity index (χ0n) is 15.2. The molecule has 0 bridgehead atoms. The van der Waals surface area contributed by atoms with Gasteiger partial charge in [0, 0.05) is 38.1 Å². The molecule has 1 aliphatic rings.